The summed E-state index contributed by atoms with van der Waals surface area (Å²) in [6.45, 7) is 3.59. The largest absolute Gasteiger partial charge is 0.341 e. The zero-order valence-electron chi connectivity index (χ0n) is 14.5. The van der Waals surface area contributed by atoms with Gasteiger partial charge in [-0.2, -0.15) is 0 Å². The first-order valence-corrected chi connectivity index (χ1v) is 8.72. The predicted molar refractivity (Wildman–Crippen MR) is 97.5 cm³/mol. The normalized spacial score (nSPS) is 14.2. The lowest BCUT2D eigenvalue weighted by Gasteiger charge is -2.30. The molecule has 2 aromatic rings. The Balaban J connectivity index is 1.84. The van der Waals surface area contributed by atoms with Crippen molar-refractivity contribution in [3.63, 3.8) is 0 Å². The number of likely N-dealkylation sites (tertiary alicyclic amines) is 1. The van der Waals surface area contributed by atoms with E-state index in [-0.39, 0.29) is 18.4 Å². The summed E-state index contributed by atoms with van der Waals surface area (Å²) in [6, 6.07) is 12.9. The van der Waals surface area contributed by atoms with Gasteiger partial charge in [0.05, 0.1) is 0 Å². The molecule has 130 valence electrons. The first kappa shape index (κ1) is 17.1. The quantitative estimate of drug-likeness (QED) is 0.862. The van der Waals surface area contributed by atoms with Crippen LogP contribution < -0.4 is 4.90 Å². The number of aromatic nitrogens is 1. The lowest BCUT2D eigenvalue weighted by atomic mass is 10.1. The van der Waals surface area contributed by atoms with Gasteiger partial charge in [-0.25, -0.2) is 0 Å². The fourth-order valence-corrected chi connectivity index (χ4v) is 3.01. The summed E-state index contributed by atoms with van der Waals surface area (Å²) in [5.41, 5.74) is 2.16. The van der Waals surface area contributed by atoms with Crippen molar-refractivity contribution in [3.05, 3.63) is 59.9 Å². The molecule has 2 amide bonds. The van der Waals surface area contributed by atoms with Crippen LogP contribution in [0.2, 0.25) is 0 Å². The predicted octanol–water partition coefficient (Wildman–Crippen LogP) is 3.05. The molecule has 0 unspecified atom stereocenters. The van der Waals surface area contributed by atoms with E-state index in [0.717, 1.165) is 31.5 Å². The minimum Gasteiger partial charge on any atom is -0.341 e. The Morgan fingerprint density at radius 3 is 2.40 bits per heavy atom. The van der Waals surface area contributed by atoms with E-state index in [2.05, 4.69) is 4.98 Å². The first-order valence-electron chi connectivity index (χ1n) is 8.72. The molecule has 1 aromatic heterocycles. The average Bonchev–Trinajstić information content (AvgIpc) is 2.67. The van der Waals surface area contributed by atoms with Crippen LogP contribution in [0.1, 0.15) is 35.3 Å². The number of aryl methyl sites for hydroxylation is 1. The van der Waals surface area contributed by atoms with Crippen molar-refractivity contribution in [2.45, 2.75) is 26.2 Å². The highest BCUT2D eigenvalue weighted by molar-refractivity contribution is 6.07. The van der Waals surface area contributed by atoms with E-state index in [1.165, 1.54) is 11.3 Å². The maximum absolute atomic E-state index is 12.9. The van der Waals surface area contributed by atoms with Crippen LogP contribution in [0, 0.1) is 6.92 Å². The SMILES string of the molecule is Cc1ccc(N(CC(=O)N2CCCCC2)C(=O)c2ccccn2)cc1. The third-order valence-corrected chi connectivity index (χ3v) is 4.48. The van der Waals surface area contributed by atoms with Gasteiger partial charge in [-0.1, -0.05) is 23.8 Å². The Hall–Kier alpha value is -2.69. The molecule has 3 rings (SSSR count). The number of nitrogens with zero attached hydrogens (tertiary/aromatic N) is 3. The third kappa shape index (κ3) is 4.24. The van der Waals surface area contributed by atoms with E-state index in [9.17, 15) is 9.59 Å². The highest BCUT2D eigenvalue weighted by Gasteiger charge is 2.25. The summed E-state index contributed by atoms with van der Waals surface area (Å²) in [4.78, 5) is 33.2. The van der Waals surface area contributed by atoms with Gasteiger partial charge in [0.1, 0.15) is 12.2 Å². The van der Waals surface area contributed by atoms with Crippen LogP contribution in [0.3, 0.4) is 0 Å². The zero-order chi connectivity index (χ0) is 17.6. The Morgan fingerprint density at radius 1 is 1.04 bits per heavy atom. The average molecular weight is 337 g/mol. The molecule has 0 atom stereocenters. The minimum absolute atomic E-state index is 0.00967. The van der Waals surface area contributed by atoms with Crippen molar-refractivity contribution in [1.29, 1.82) is 0 Å². The van der Waals surface area contributed by atoms with E-state index in [1.54, 1.807) is 24.4 Å². The van der Waals surface area contributed by atoms with E-state index in [1.807, 2.05) is 36.1 Å². The number of hydrogen-bond acceptors (Lipinski definition) is 3. The maximum atomic E-state index is 12.9. The highest BCUT2D eigenvalue weighted by Crippen LogP contribution is 2.19. The monoisotopic (exact) mass is 337 g/mol. The molecule has 0 spiro atoms. The van der Waals surface area contributed by atoms with Crippen molar-refractivity contribution >= 4 is 17.5 Å². The first-order chi connectivity index (χ1) is 12.1. The van der Waals surface area contributed by atoms with Crippen molar-refractivity contribution in [2.24, 2.45) is 0 Å². The molecule has 0 bridgehead atoms. The summed E-state index contributed by atoms with van der Waals surface area (Å²) >= 11 is 0. The smallest absolute Gasteiger partial charge is 0.277 e. The van der Waals surface area contributed by atoms with Crippen LogP contribution in [-0.4, -0.2) is 41.3 Å². The van der Waals surface area contributed by atoms with Crippen molar-refractivity contribution in [1.82, 2.24) is 9.88 Å². The second-order valence-electron chi connectivity index (χ2n) is 6.38. The summed E-state index contributed by atoms with van der Waals surface area (Å²) in [6.07, 6.45) is 4.82. The maximum Gasteiger partial charge on any atom is 0.277 e. The van der Waals surface area contributed by atoms with Gasteiger partial charge in [0.25, 0.3) is 5.91 Å². The van der Waals surface area contributed by atoms with E-state index < -0.39 is 0 Å². The number of carbonyl (C=O) groups is 2. The molecular formula is C20H23N3O2. The van der Waals surface area contributed by atoms with Gasteiger partial charge in [0.2, 0.25) is 5.91 Å². The molecule has 1 aliphatic heterocycles. The molecular weight excluding hydrogens is 314 g/mol. The molecule has 25 heavy (non-hydrogen) atoms. The minimum atomic E-state index is -0.255. The number of amides is 2. The third-order valence-electron chi connectivity index (χ3n) is 4.48. The van der Waals surface area contributed by atoms with Crippen LogP contribution in [-0.2, 0) is 4.79 Å². The van der Waals surface area contributed by atoms with Gasteiger partial charge in [0, 0.05) is 25.0 Å². The van der Waals surface area contributed by atoms with Gasteiger partial charge in [-0.15, -0.1) is 0 Å². The fraction of sp³-hybridized carbons (Fsp3) is 0.350. The Labute approximate surface area is 148 Å². The molecule has 0 N–H and O–H groups in total. The van der Waals surface area contributed by atoms with Crippen molar-refractivity contribution in [2.75, 3.05) is 24.5 Å². The van der Waals surface area contributed by atoms with Crippen LogP contribution in [0.25, 0.3) is 0 Å². The lowest BCUT2D eigenvalue weighted by Crippen LogP contribution is -2.45. The molecule has 0 radical (unpaired) electrons. The van der Waals surface area contributed by atoms with Gasteiger partial charge < -0.3 is 4.90 Å². The number of hydrogen-bond donors (Lipinski definition) is 0. The van der Waals surface area contributed by atoms with Gasteiger partial charge >= 0.3 is 0 Å². The molecule has 2 heterocycles. The van der Waals surface area contributed by atoms with Gasteiger partial charge in [-0.05, 0) is 50.5 Å². The molecule has 0 aliphatic carbocycles. The second kappa shape index (κ2) is 7.92. The van der Waals surface area contributed by atoms with E-state index >= 15 is 0 Å². The molecule has 0 saturated carbocycles. The Morgan fingerprint density at radius 2 is 1.76 bits per heavy atom. The lowest BCUT2D eigenvalue weighted by molar-refractivity contribution is -0.130. The molecule has 1 saturated heterocycles. The van der Waals surface area contributed by atoms with Crippen LogP contribution in [0.4, 0.5) is 5.69 Å². The number of pyridine rings is 1. The van der Waals surface area contributed by atoms with Gasteiger partial charge in [-0.3, -0.25) is 19.5 Å². The van der Waals surface area contributed by atoms with E-state index in [0.29, 0.717) is 11.4 Å². The molecule has 5 nitrogen and oxygen atoms in total. The molecule has 1 aromatic carbocycles. The highest BCUT2D eigenvalue weighted by atomic mass is 16.2. The number of benzene rings is 1. The molecule has 1 fully saturated rings. The summed E-state index contributed by atoms with van der Waals surface area (Å²) in [5.74, 6) is -0.264. The number of rotatable bonds is 4. The van der Waals surface area contributed by atoms with Gasteiger partial charge in [0.15, 0.2) is 0 Å². The zero-order valence-corrected chi connectivity index (χ0v) is 14.5. The second-order valence-corrected chi connectivity index (χ2v) is 6.38. The topological polar surface area (TPSA) is 53.5 Å². The van der Waals surface area contributed by atoms with Crippen molar-refractivity contribution < 1.29 is 9.59 Å². The number of anilines is 1. The Kier molecular flexibility index (Phi) is 5.43. The summed E-state index contributed by atoms with van der Waals surface area (Å²) in [7, 11) is 0. The standard InChI is InChI=1S/C20H23N3O2/c1-16-8-10-17(11-9-16)23(20(25)18-7-3-4-12-21-18)15-19(24)22-13-5-2-6-14-22/h3-4,7-12H,2,5-6,13-15H2,1H3. The molecule has 1 aliphatic rings. The van der Waals surface area contributed by atoms with Crippen LogP contribution >= 0.6 is 0 Å². The number of carbonyl (C=O) groups excluding carboxylic acids is 2. The van der Waals surface area contributed by atoms with Crippen LogP contribution in [0.15, 0.2) is 48.7 Å². The van der Waals surface area contributed by atoms with Crippen LogP contribution in [0.5, 0.6) is 0 Å². The number of piperidine rings is 1. The summed E-state index contributed by atoms with van der Waals surface area (Å²) < 4.78 is 0. The fourth-order valence-electron chi connectivity index (χ4n) is 3.01. The summed E-state index contributed by atoms with van der Waals surface area (Å²) in [5, 5.41) is 0. The van der Waals surface area contributed by atoms with Crippen molar-refractivity contribution in [3.8, 4) is 0 Å². The Bertz CT molecular complexity index is 722. The van der Waals surface area contributed by atoms with E-state index in [4.69, 9.17) is 0 Å². The molecule has 5 heteroatoms.